The predicted molar refractivity (Wildman–Crippen MR) is 74.9 cm³/mol. The lowest BCUT2D eigenvalue weighted by Crippen LogP contribution is -2.45. The smallest absolute Gasteiger partial charge is 0.315 e. The number of nitrogens with two attached hydrogens (primary N) is 1. The number of carboxylic acid groups (broad SMARTS) is 1. The van der Waals surface area contributed by atoms with Gasteiger partial charge in [-0.3, -0.25) is 4.79 Å². The second-order valence-electron chi connectivity index (χ2n) is 4.85. The van der Waals surface area contributed by atoms with E-state index >= 15 is 0 Å². The lowest BCUT2D eigenvalue weighted by Gasteiger charge is -2.28. The van der Waals surface area contributed by atoms with Crippen molar-refractivity contribution in [1.29, 1.82) is 0 Å². The molecule has 0 spiro atoms. The zero-order valence-electron chi connectivity index (χ0n) is 11.2. The van der Waals surface area contributed by atoms with Crippen LogP contribution in [0.3, 0.4) is 0 Å². The van der Waals surface area contributed by atoms with Crippen LogP contribution in [0, 0.1) is 11.6 Å². The van der Waals surface area contributed by atoms with Crippen molar-refractivity contribution >= 4 is 5.97 Å². The van der Waals surface area contributed by atoms with Crippen LogP contribution in [0.25, 0.3) is 0 Å². The van der Waals surface area contributed by atoms with Gasteiger partial charge in [0.25, 0.3) is 0 Å². The zero-order chi connectivity index (χ0) is 15.5. The highest BCUT2D eigenvalue weighted by atomic mass is 19.2. The Bertz CT molecular complexity index is 646. The van der Waals surface area contributed by atoms with E-state index in [1.165, 1.54) is 12.1 Å². The van der Waals surface area contributed by atoms with Crippen LogP contribution in [0.5, 0.6) is 0 Å². The van der Waals surface area contributed by atoms with Gasteiger partial charge in [-0.05, 0) is 23.6 Å². The predicted octanol–water partition coefficient (Wildman–Crippen LogP) is 2.49. The first-order valence-corrected chi connectivity index (χ1v) is 6.43. The number of hydrogen-bond acceptors (Lipinski definition) is 2. The van der Waals surface area contributed by atoms with Crippen LogP contribution < -0.4 is 5.73 Å². The molecule has 3 nitrogen and oxygen atoms in total. The Kier molecular flexibility index (Phi) is 4.33. The van der Waals surface area contributed by atoms with E-state index in [1.54, 1.807) is 30.3 Å². The minimum absolute atomic E-state index is 0.00768. The monoisotopic (exact) mass is 291 g/mol. The van der Waals surface area contributed by atoms with E-state index in [1.807, 2.05) is 0 Å². The van der Waals surface area contributed by atoms with Crippen molar-refractivity contribution in [2.45, 2.75) is 11.8 Å². The number of aliphatic carboxylic acids is 1. The van der Waals surface area contributed by atoms with Crippen LogP contribution in [0.2, 0.25) is 0 Å². The maximum Gasteiger partial charge on any atom is 0.315 e. The molecule has 5 heteroatoms. The molecule has 1 unspecified atom stereocenters. The second-order valence-corrected chi connectivity index (χ2v) is 4.85. The topological polar surface area (TPSA) is 63.3 Å². The molecule has 2 aromatic rings. The van der Waals surface area contributed by atoms with Gasteiger partial charge in [-0.2, -0.15) is 0 Å². The van der Waals surface area contributed by atoms with Gasteiger partial charge in [0.2, 0.25) is 0 Å². The number of halogens is 2. The van der Waals surface area contributed by atoms with Crippen molar-refractivity contribution in [3.63, 3.8) is 0 Å². The second kappa shape index (κ2) is 6.01. The molecule has 0 amide bonds. The Balaban J connectivity index is 2.52. The zero-order valence-corrected chi connectivity index (χ0v) is 11.2. The number of carbonyl (C=O) groups is 1. The fourth-order valence-corrected chi connectivity index (χ4v) is 2.35. The summed E-state index contributed by atoms with van der Waals surface area (Å²) in [7, 11) is 0. The van der Waals surface area contributed by atoms with E-state index in [2.05, 4.69) is 0 Å². The molecule has 2 aromatic carbocycles. The Morgan fingerprint density at radius 2 is 1.76 bits per heavy atom. The lowest BCUT2D eigenvalue weighted by atomic mass is 9.75. The molecule has 0 fully saturated rings. The molecular weight excluding hydrogens is 276 g/mol. The van der Waals surface area contributed by atoms with Crippen molar-refractivity contribution < 1.29 is 18.7 Å². The van der Waals surface area contributed by atoms with Gasteiger partial charge in [0.15, 0.2) is 11.6 Å². The van der Waals surface area contributed by atoms with Crippen molar-refractivity contribution in [3.05, 3.63) is 71.3 Å². The maximum atomic E-state index is 13.8. The van der Waals surface area contributed by atoms with Crippen LogP contribution in [0.4, 0.5) is 8.78 Å². The quantitative estimate of drug-likeness (QED) is 0.889. The highest BCUT2D eigenvalue weighted by molar-refractivity contribution is 5.82. The first-order valence-electron chi connectivity index (χ1n) is 6.43. The third-order valence-corrected chi connectivity index (χ3v) is 3.61. The molecule has 0 aliphatic heterocycles. The summed E-state index contributed by atoms with van der Waals surface area (Å²) in [5, 5.41) is 9.60. The molecule has 0 heterocycles. The fourth-order valence-electron chi connectivity index (χ4n) is 2.35. The van der Waals surface area contributed by atoms with Crippen LogP contribution in [0.1, 0.15) is 11.1 Å². The summed E-state index contributed by atoms with van der Waals surface area (Å²) in [4.78, 5) is 11.8. The summed E-state index contributed by atoms with van der Waals surface area (Å²) >= 11 is 0. The molecule has 0 saturated carbocycles. The summed E-state index contributed by atoms with van der Waals surface area (Å²) in [5.41, 5.74) is 4.64. The highest BCUT2D eigenvalue weighted by Gasteiger charge is 2.40. The molecule has 0 saturated heterocycles. The van der Waals surface area contributed by atoms with Crippen LogP contribution in [-0.4, -0.2) is 17.6 Å². The summed E-state index contributed by atoms with van der Waals surface area (Å²) in [6, 6.07) is 12.1. The number of carboxylic acids is 1. The summed E-state index contributed by atoms with van der Waals surface area (Å²) in [6.07, 6.45) is -0.216. The van der Waals surface area contributed by atoms with Gasteiger partial charge < -0.3 is 10.8 Å². The SMILES string of the molecule is NCC(Cc1cccc(F)c1F)(C(=O)O)c1ccccc1. The first-order chi connectivity index (χ1) is 10.0. The Hall–Kier alpha value is -2.27. The van der Waals surface area contributed by atoms with E-state index in [0.29, 0.717) is 5.56 Å². The van der Waals surface area contributed by atoms with Gasteiger partial charge >= 0.3 is 5.97 Å². The van der Waals surface area contributed by atoms with Gasteiger partial charge in [-0.25, -0.2) is 8.78 Å². The molecule has 2 rings (SSSR count). The number of rotatable bonds is 5. The highest BCUT2D eigenvalue weighted by Crippen LogP contribution is 2.29. The third-order valence-electron chi connectivity index (χ3n) is 3.61. The van der Waals surface area contributed by atoms with E-state index in [-0.39, 0.29) is 18.5 Å². The standard InChI is InChI=1S/C16H15F2NO2/c17-13-8-4-5-11(14(13)18)9-16(10-19,15(20)21)12-6-2-1-3-7-12/h1-8H,9-10,19H2,(H,20,21). The number of benzene rings is 2. The van der Waals surface area contributed by atoms with Crippen LogP contribution >= 0.6 is 0 Å². The van der Waals surface area contributed by atoms with Crippen LogP contribution in [0.15, 0.2) is 48.5 Å². The summed E-state index contributed by atoms with van der Waals surface area (Å²) in [5.74, 6) is -3.20. The maximum absolute atomic E-state index is 13.8. The van der Waals surface area contributed by atoms with Gasteiger partial charge in [-0.1, -0.05) is 42.5 Å². The average Bonchev–Trinajstić information content (AvgIpc) is 2.49. The van der Waals surface area contributed by atoms with Crippen molar-refractivity contribution in [3.8, 4) is 0 Å². The molecule has 3 N–H and O–H groups in total. The minimum Gasteiger partial charge on any atom is -0.481 e. The number of hydrogen-bond donors (Lipinski definition) is 2. The van der Waals surface area contributed by atoms with Gasteiger partial charge in [0.1, 0.15) is 5.41 Å². The van der Waals surface area contributed by atoms with Gasteiger partial charge in [0.05, 0.1) is 0 Å². The van der Waals surface area contributed by atoms with E-state index in [9.17, 15) is 18.7 Å². The Labute approximate surface area is 121 Å². The first kappa shape index (κ1) is 15.1. The van der Waals surface area contributed by atoms with Gasteiger partial charge in [0, 0.05) is 6.54 Å². The van der Waals surface area contributed by atoms with Crippen molar-refractivity contribution in [1.82, 2.24) is 0 Å². The van der Waals surface area contributed by atoms with Gasteiger partial charge in [-0.15, -0.1) is 0 Å². The summed E-state index contributed by atoms with van der Waals surface area (Å²) in [6.45, 7) is -0.220. The fraction of sp³-hybridized carbons (Fsp3) is 0.188. The van der Waals surface area contributed by atoms with E-state index in [4.69, 9.17) is 5.73 Å². The normalized spacial score (nSPS) is 13.7. The average molecular weight is 291 g/mol. The Morgan fingerprint density at radius 3 is 2.33 bits per heavy atom. The molecule has 0 radical (unpaired) electrons. The largest absolute Gasteiger partial charge is 0.481 e. The lowest BCUT2D eigenvalue weighted by molar-refractivity contribution is -0.143. The molecule has 0 aliphatic carbocycles. The molecule has 0 bridgehead atoms. The minimum atomic E-state index is -1.49. The molecule has 21 heavy (non-hydrogen) atoms. The van der Waals surface area contributed by atoms with E-state index < -0.39 is 23.0 Å². The Morgan fingerprint density at radius 1 is 1.10 bits per heavy atom. The molecule has 1 atom stereocenters. The molecule has 0 aliphatic rings. The molecule has 110 valence electrons. The van der Waals surface area contributed by atoms with E-state index in [0.717, 1.165) is 6.07 Å². The van der Waals surface area contributed by atoms with Crippen LogP contribution in [-0.2, 0) is 16.6 Å². The van der Waals surface area contributed by atoms with Crippen molar-refractivity contribution in [2.24, 2.45) is 5.73 Å². The van der Waals surface area contributed by atoms with Crippen molar-refractivity contribution in [2.75, 3.05) is 6.54 Å². The third kappa shape index (κ3) is 2.78. The summed E-state index contributed by atoms with van der Waals surface area (Å²) < 4.78 is 27.1. The molecule has 0 aromatic heterocycles. The molecular formula is C16H15F2NO2.